The molecule has 4 atom stereocenters. The molecule has 0 amide bonds. The van der Waals surface area contributed by atoms with Gasteiger partial charge in [0, 0.05) is 5.57 Å². The van der Waals surface area contributed by atoms with Crippen LogP contribution in [0.2, 0.25) is 0 Å². The van der Waals surface area contributed by atoms with Gasteiger partial charge in [-0.2, -0.15) is 0 Å². The molecule has 0 heterocycles. The number of hydrogen-bond acceptors (Lipinski definition) is 2. The van der Waals surface area contributed by atoms with Crippen LogP contribution in [0.15, 0.2) is 12.2 Å². The predicted molar refractivity (Wildman–Crippen MR) is 73.1 cm³/mol. The summed E-state index contributed by atoms with van der Waals surface area (Å²) in [4.78, 5) is 10.4. The summed E-state index contributed by atoms with van der Waals surface area (Å²) < 4.78 is 4.56. The van der Waals surface area contributed by atoms with Crippen molar-refractivity contribution in [3.63, 3.8) is 0 Å². The molecule has 0 spiro atoms. The van der Waals surface area contributed by atoms with Gasteiger partial charge in [0.15, 0.2) is 0 Å². The van der Waals surface area contributed by atoms with Gasteiger partial charge in [-0.3, -0.25) is 0 Å². The average molecular weight is 250 g/mol. The molecule has 2 nitrogen and oxygen atoms in total. The molecule has 3 saturated carbocycles. The molecule has 3 aliphatic rings. The fourth-order valence-electron chi connectivity index (χ4n) is 4.27. The molecule has 0 aliphatic heterocycles. The van der Waals surface area contributed by atoms with E-state index in [1.54, 1.807) is 52.4 Å². The van der Waals surface area contributed by atoms with Crippen molar-refractivity contribution in [3.05, 3.63) is 12.2 Å². The molecule has 0 aromatic rings. The molecule has 4 unspecified atom stereocenters. The first kappa shape index (κ1) is 13.6. The van der Waals surface area contributed by atoms with Gasteiger partial charge in [0.1, 0.15) is 0 Å². The molecule has 0 radical (unpaired) electrons. The summed E-state index contributed by atoms with van der Waals surface area (Å²) in [5, 5.41) is 0. The summed E-state index contributed by atoms with van der Waals surface area (Å²) >= 11 is 0. The second kappa shape index (κ2) is 5.90. The number of rotatable bonds is 2. The molecule has 3 aliphatic carbocycles. The van der Waals surface area contributed by atoms with E-state index in [1.807, 2.05) is 0 Å². The summed E-state index contributed by atoms with van der Waals surface area (Å²) in [5.74, 6) is 4.49. The maximum Gasteiger partial charge on any atom is 0.333 e. The van der Waals surface area contributed by atoms with Crippen LogP contribution in [0.1, 0.15) is 52.4 Å². The van der Waals surface area contributed by atoms with E-state index in [4.69, 9.17) is 0 Å². The normalized spacial score (nSPS) is 35.7. The zero-order valence-electron chi connectivity index (χ0n) is 11.8. The monoisotopic (exact) mass is 250 g/mol. The van der Waals surface area contributed by atoms with E-state index in [9.17, 15) is 4.79 Å². The van der Waals surface area contributed by atoms with Crippen molar-refractivity contribution < 1.29 is 9.53 Å². The van der Waals surface area contributed by atoms with Crippen molar-refractivity contribution in [1.82, 2.24) is 0 Å². The summed E-state index contributed by atoms with van der Waals surface area (Å²) in [5.41, 5.74) is 0.451. The Labute approximate surface area is 111 Å². The van der Waals surface area contributed by atoms with Crippen LogP contribution in [0, 0.1) is 23.7 Å². The van der Waals surface area contributed by atoms with E-state index >= 15 is 0 Å². The Morgan fingerprint density at radius 2 is 1.72 bits per heavy atom. The maximum atomic E-state index is 10.4. The van der Waals surface area contributed by atoms with Gasteiger partial charge in [0.05, 0.1) is 6.61 Å². The molecule has 0 aromatic heterocycles. The van der Waals surface area contributed by atoms with Crippen LogP contribution in [0.4, 0.5) is 0 Å². The lowest BCUT2D eigenvalue weighted by atomic mass is 9.82. The topological polar surface area (TPSA) is 26.3 Å². The van der Waals surface area contributed by atoms with E-state index in [0.717, 1.165) is 0 Å². The SMILES string of the molecule is C1CC2C3CCC(C3)C2C1.C=C(C)C(=O)OCC. The molecule has 2 bridgehead atoms. The second-order valence-corrected chi connectivity index (χ2v) is 6.09. The Bertz CT molecular complexity index is 305. The van der Waals surface area contributed by atoms with E-state index in [-0.39, 0.29) is 5.97 Å². The minimum Gasteiger partial charge on any atom is -0.463 e. The minimum atomic E-state index is -0.312. The van der Waals surface area contributed by atoms with E-state index in [1.165, 1.54) is 23.7 Å². The number of carbonyl (C=O) groups is 1. The lowest BCUT2D eigenvalue weighted by Gasteiger charge is -2.23. The third-order valence-electron chi connectivity index (χ3n) is 4.97. The van der Waals surface area contributed by atoms with Gasteiger partial charge in [0.2, 0.25) is 0 Å². The van der Waals surface area contributed by atoms with Crippen molar-refractivity contribution >= 4 is 5.97 Å². The molecule has 18 heavy (non-hydrogen) atoms. The summed E-state index contributed by atoms with van der Waals surface area (Å²) in [6, 6.07) is 0. The maximum absolute atomic E-state index is 10.4. The van der Waals surface area contributed by atoms with Crippen LogP contribution < -0.4 is 0 Å². The van der Waals surface area contributed by atoms with Crippen LogP contribution in [-0.4, -0.2) is 12.6 Å². The number of hydrogen-bond donors (Lipinski definition) is 0. The van der Waals surface area contributed by atoms with Gasteiger partial charge < -0.3 is 4.74 Å². The second-order valence-electron chi connectivity index (χ2n) is 6.09. The summed E-state index contributed by atoms with van der Waals surface area (Å²) in [7, 11) is 0. The van der Waals surface area contributed by atoms with E-state index in [0.29, 0.717) is 12.2 Å². The van der Waals surface area contributed by atoms with Crippen molar-refractivity contribution in [2.75, 3.05) is 6.61 Å². The number of ether oxygens (including phenoxy) is 1. The first-order valence-corrected chi connectivity index (χ1v) is 7.46. The van der Waals surface area contributed by atoms with Gasteiger partial charge in [0.25, 0.3) is 0 Å². The van der Waals surface area contributed by atoms with Crippen LogP contribution >= 0.6 is 0 Å². The Balaban J connectivity index is 0.000000139. The fraction of sp³-hybridized carbons (Fsp3) is 0.812. The largest absolute Gasteiger partial charge is 0.463 e. The summed E-state index contributed by atoms with van der Waals surface area (Å²) in [6.07, 6.45) is 9.53. The first-order valence-electron chi connectivity index (χ1n) is 7.46. The minimum absolute atomic E-state index is 0.312. The highest BCUT2D eigenvalue weighted by Crippen LogP contribution is 2.58. The quantitative estimate of drug-likeness (QED) is 0.548. The molecule has 0 aromatic carbocycles. The third-order valence-corrected chi connectivity index (χ3v) is 4.97. The molecule has 3 fully saturated rings. The predicted octanol–water partition coefficient (Wildman–Crippen LogP) is 3.96. The highest BCUT2D eigenvalue weighted by atomic mass is 16.5. The third kappa shape index (κ3) is 2.78. The summed E-state index contributed by atoms with van der Waals surface area (Å²) in [6.45, 7) is 7.21. The highest BCUT2D eigenvalue weighted by Gasteiger charge is 2.48. The van der Waals surface area contributed by atoms with Crippen molar-refractivity contribution in [2.24, 2.45) is 23.7 Å². The molecule has 102 valence electrons. The first-order chi connectivity index (χ1) is 8.63. The Morgan fingerprint density at radius 1 is 1.17 bits per heavy atom. The van der Waals surface area contributed by atoms with Crippen LogP contribution in [0.25, 0.3) is 0 Å². The smallest absolute Gasteiger partial charge is 0.333 e. The molecule has 0 N–H and O–H groups in total. The fourth-order valence-corrected chi connectivity index (χ4v) is 4.27. The lowest BCUT2D eigenvalue weighted by molar-refractivity contribution is -0.138. The Morgan fingerprint density at radius 3 is 2.11 bits per heavy atom. The van der Waals surface area contributed by atoms with Gasteiger partial charge in [-0.25, -0.2) is 4.79 Å². The Hall–Kier alpha value is -0.790. The number of carbonyl (C=O) groups excluding carboxylic acids is 1. The molecule has 2 heteroatoms. The van der Waals surface area contributed by atoms with Crippen LogP contribution in [-0.2, 0) is 9.53 Å². The van der Waals surface area contributed by atoms with Crippen LogP contribution in [0.3, 0.4) is 0 Å². The highest BCUT2D eigenvalue weighted by molar-refractivity contribution is 5.86. The molecule has 3 rings (SSSR count). The number of fused-ring (bicyclic) bond motifs is 5. The van der Waals surface area contributed by atoms with Gasteiger partial charge in [-0.15, -0.1) is 0 Å². The van der Waals surface area contributed by atoms with Gasteiger partial charge in [-0.05, 0) is 69.6 Å². The van der Waals surface area contributed by atoms with Gasteiger partial charge in [-0.1, -0.05) is 13.0 Å². The average Bonchev–Trinajstić information content (AvgIpc) is 3.04. The van der Waals surface area contributed by atoms with Crippen molar-refractivity contribution in [2.45, 2.75) is 52.4 Å². The zero-order chi connectivity index (χ0) is 13.1. The Kier molecular flexibility index (Phi) is 4.47. The van der Waals surface area contributed by atoms with Gasteiger partial charge >= 0.3 is 5.97 Å². The number of esters is 1. The molecule has 0 saturated heterocycles. The lowest BCUT2D eigenvalue weighted by Crippen LogP contribution is -2.15. The van der Waals surface area contributed by atoms with Crippen molar-refractivity contribution in [1.29, 1.82) is 0 Å². The molecular weight excluding hydrogens is 224 g/mol. The van der Waals surface area contributed by atoms with Crippen molar-refractivity contribution in [3.8, 4) is 0 Å². The van der Waals surface area contributed by atoms with E-state index in [2.05, 4.69) is 11.3 Å². The molecular formula is C16H26O2. The van der Waals surface area contributed by atoms with Crippen LogP contribution in [0.5, 0.6) is 0 Å². The standard InChI is InChI=1S/C10H16.C6H10O2/c1-2-9-7-4-5-8(6-7)10(9)3-1;1-4-8-6(7)5(2)3/h7-10H,1-6H2;2,4H2,1,3H3. The zero-order valence-corrected chi connectivity index (χ0v) is 11.8. The van der Waals surface area contributed by atoms with E-state index < -0.39 is 0 Å².